The van der Waals surface area contributed by atoms with Crippen molar-refractivity contribution in [1.29, 1.82) is 0 Å². The highest BCUT2D eigenvalue weighted by molar-refractivity contribution is 6.16. The molecule has 3 aromatic rings. The molecule has 7 heteroatoms. The van der Waals surface area contributed by atoms with Crippen LogP contribution < -0.4 is 4.74 Å². The predicted octanol–water partition coefficient (Wildman–Crippen LogP) is 4.57. The van der Waals surface area contributed by atoms with Crippen LogP contribution in [-0.4, -0.2) is 35.6 Å². The van der Waals surface area contributed by atoms with Gasteiger partial charge in [0.1, 0.15) is 11.5 Å². The summed E-state index contributed by atoms with van der Waals surface area (Å²) in [7, 11) is 2.95. The number of esters is 1. The number of aryl methyl sites for hydroxylation is 1. The van der Waals surface area contributed by atoms with Crippen LogP contribution in [0.25, 0.3) is 11.8 Å². The monoisotopic (exact) mass is 446 g/mol. The number of nitrogens with zero attached hydrogens (tertiary/aromatic N) is 2. The summed E-state index contributed by atoms with van der Waals surface area (Å²) >= 11 is 0. The van der Waals surface area contributed by atoms with Crippen molar-refractivity contribution < 1.29 is 23.5 Å². The quantitative estimate of drug-likeness (QED) is 0.410. The smallest absolute Gasteiger partial charge is 0.340 e. The summed E-state index contributed by atoms with van der Waals surface area (Å²) in [5.74, 6) is 0.600. The molecule has 3 heterocycles. The van der Waals surface area contributed by atoms with Crippen molar-refractivity contribution in [3.8, 4) is 11.4 Å². The van der Waals surface area contributed by atoms with Gasteiger partial charge in [-0.1, -0.05) is 0 Å². The molecule has 1 amide bonds. The van der Waals surface area contributed by atoms with E-state index in [9.17, 15) is 9.59 Å². The van der Waals surface area contributed by atoms with Crippen molar-refractivity contribution in [2.45, 2.75) is 27.3 Å². The van der Waals surface area contributed by atoms with Crippen LogP contribution in [0.15, 0.2) is 70.0 Å². The average molecular weight is 447 g/mol. The SMILES string of the molecule is COC(=O)C1=C(C)N(Cc2ccco2)C(=O)C1=Cc1cc(C)n(-c2ccc(OC)cc2)c1C. The lowest BCUT2D eigenvalue weighted by Crippen LogP contribution is -2.24. The van der Waals surface area contributed by atoms with Gasteiger partial charge in [-0.05, 0) is 74.9 Å². The molecule has 1 aliphatic heterocycles. The predicted molar refractivity (Wildman–Crippen MR) is 124 cm³/mol. The Morgan fingerprint density at radius 3 is 2.42 bits per heavy atom. The van der Waals surface area contributed by atoms with Crippen LogP contribution in [0.5, 0.6) is 5.75 Å². The van der Waals surface area contributed by atoms with Gasteiger partial charge in [-0.25, -0.2) is 4.79 Å². The number of benzene rings is 1. The number of rotatable bonds is 6. The minimum absolute atomic E-state index is 0.236. The van der Waals surface area contributed by atoms with Crippen LogP contribution in [0.2, 0.25) is 0 Å². The molecule has 33 heavy (non-hydrogen) atoms. The number of hydrogen-bond donors (Lipinski definition) is 0. The topological polar surface area (TPSA) is 73.9 Å². The second-order valence-corrected chi connectivity index (χ2v) is 7.84. The first kappa shape index (κ1) is 22.2. The van der Waals surface area contributed by atoms with E-state index in [1.54, 1.807) is 43.4 Å². The Hall–Kier alpha value is -4.00. The molecule has 0 atom stereocenters. The maximum atomic E-state index is 13.4. The molecule has 2 aromatic heterocycles. The number of hydrogen-bond acceptors (Lipinski definition) is 5. The third-order valence-corrected chi connectivity index (χ3v) is 5.90. The normalized spacial score (nSPS) is 15.0. The zero-order chi connectivity index (χ0) is 23.7. The molecule has 0 aliphatic carbocycles. The first-order chi connectivity index (χ1) is 15.8. The van der Waals surface area contributed by atoms with E-state index < -0.39 is 5.97 Å². The molecule has 0 spiro atoms. The van der Waals surface area contributed by atoms with Crippen molar-refractivity contribution in [2.24, 2.45) is 0 Å². The molecule has 0 bridgehead atoms. The van der Waals surface area contributed by atoms with Gasteiger partial charge in [-0.15, -0.1) is 0 Å². The molecule has 1 aliphatic rings. The van der Waals surface area contributed by atoms with E-state index in [-0.39, 0.29) is 18.0 Å². The van der Waals surface area contributed by atoms with Crippen LogP contribution in [0.3, 0.4) is 0 Å². The second kappa shape index (κ2) is 8.86. The van der Waals surface area contributed by atoms with Gasteiger partial charge >= 0.3 is 5.97 Å². The van der Waals surface area contributed by atoms with E-state index in [4.69, 9.17) is 13.9 Å². The van der Waals surface area contributed by atoms with Crippen LogP contribution in [-0.2, 0) is 20.9 Å². The van der Waals surface area contributed by atoms with E-state index in [1.165, 1.54) is 7.11 Å². The number of aromatic nitrogens is 1. The van der Waals surface area contributed by atoms with Crippen LogP contribution >= 0.6 is 0 Å². The number of carbonyl (C=O) groups is 2. The average Bonchev–Trinajstić information content (AvgIpc) is 3.49. The first-order valence-electron chi connectivity index (χ1n) is 10.5. The lowest BCUT2D eigenvalue weighted by atomic mass is 10.0. The summed E-state index contributed by atoms with van der Waals surface area (Å²) < 4.78 is 17.8. The number of amides is 1. The van der Waals surface area contributed by atoms with Crippen molar-refractivity contribution in [2.75, 3.05) is 14.2 Å². The zero-order valence-electron chi connectivity index (χ0n) is 19.3. The Labute approximate surface area is 192 Å². The third kappa shape index (κ3) is 3.98. The summed E-state index contributed by atoms with van der Waals surface area (Å²) in [6, 6.07) is 13.3. The summed E-state index contributed by atoms with van der Waals surface area (Å²) in [6.07, 6.45) is 3.32. The van der Waals surface area contributed by atoms with Crippen LogP contribution in [0.1, 0.15) is 29.6 Å². The second-order valence-electron chi connectivity index (χ2n) is 7.84. The molecule has 0 radical (unpaired) electrons. The summed E-state index contributed by atoms with van der Waals surface area (Å²) in [5, 5.41) is 0. The Balaban J connectivity index is 1.77. The standard InChI is InChI=1S/C26H26N2O5/c1-16-13-19(17(2)28(16)20-8-10-21(31-4)11-9-20)14-23-24(26(30)32-5)18(3)27(25(23)29)15-22-7-6-12-33-22/h6-14H,15H2,1-5H3. The molecular formula is C26H26N2O5. The van der Waals surface area contributed by atoms with Crippen molar-refractivity contribution in [3.05, 3.63) is 88.3 Å². The fourth-order valence-electron chi connectivity index (χ4n) is 4.19. The minimum atomic E-state index is -0.544. The van der Waals surface area contributed by atoms with E-state index in [1.807, 2.05) is 44.2 Å². The van der Waals surface area contributed by atoms with E-state index in [0.29, 0.717) is 17.0 Å². The molecule has 0 saturated carbocycles. The zero-order valence-corrected chi connectivity index (χ0v) is 19.3. The summed E-state index contributed by atoms with van der Waals surface area (Å²) in [6.45, 7) is 5.97. The Bertz CT molecular complexity index is 1260. The molecule has 7 nitrogen and oxygen atoms in total. The van der Waals surface area contributed by atoms with Gasteiger partial charge in [0.25, 0.3) is 5.91 Å². The lowest BCUT2D eigenvalue weighted by Gasteiger charge is -2.16. The first-order valence-corrected chi connectivity index (χ1v) is 10.5. The van der Waals surface area contributed by atoms with Gasteiger partial charge in [0.15, 0.2) is 0 Å². The number of allylic oxidation sites excluding steroid dienone is 1. The highest BCUT2D eigenvalue weighted by Gasteiger charge is 2.37. The molecule has 4 rings (SSSR count). The Morgan fingerprint density at radius 1 is 1.09 bits per heavy atom. The molecule has 170 valence electrons. The molecule has 0 N–H and O–H groups in total. The molecule has 0 unspecified atom stereocenters. The maximum absolute atomic E-state index is 13.4. The van der Waals surface area contributed by atoms with Gasteiger partial charge < -0.3 is 23.4 Å². The van der Waals surface area contributed by atoms with Gasteiger partial charge in [0.2, 0.25) is 0 Å². The Kier molecular flexibility index (Phi) is 5.96. The van der Waals surface area contributed by atoms with Crippen LogP contribution in [0.4, 0.5) is 0 Å². The third-order valence-electron chi connectivity index (χ3n) is 5.90. The van der Waals surface area contributed by atoms with Gasteiger partial charge in [-0.3, -0.25) is 4.79 Å². The van der Waals surface area contributed by atoms with Crippen molar-refractivity contribution >= 4 is 18.0 Å². The number of furan rings is 1. The molecule has 0 saturated heterocycles. The molecule has 0 fully saturated rings. The minimum Gasteiger partial charge on any atom is -0.497 e. The van der Waals surface area contributed by atoms with Gasteiger partial charge in [0.05, 0.1) is 38.2 Å². The van der Waals surface area contributed by atoms with Crippen molar-refractivity contribution in [3.63, 3.8) is 0 Å². The van der Waals surface area contributed by atoms with Gasteiger partial charge in [-0.2, -0.15) is 0 Å². The fourth-order valence-corrected chi connectivity index (χ4v) is 4.19. The number of methoxy groups -OCH3 is 2. The summed E-state index contributed by atoms with van der Waals surface area (Å²) in [4.78, 5) is 27.5. The van der Waals surface area contributed by atoms with Crippen molar-refractivity contribution in [1.82, 2.24) is 9.47 Å². The maximum Gasteiger partial charge on any atom is 0.340 e. The van der Waals surface area contributed by atoms with E-state index in [2.05, 4.69) is 4.57 Å². The highest BCUT2D eigenvalue weighted by Crippen LogP contribution is 2.34. The van der Waals surface area contributed by atoms with Crippen LogP contribution in [0, 0.1) is 13.8 Å². The summed E-state index contributed by atoms with van der Waals surface area (Å²) in [5.41, 5.74) is 4.89. The van der Waals surface area contributed by atoms with Gasteiger partial charge in [0, 0.05) is 22.8 Å². The Morgan fingerprint density at radius 2 is 1.82 bits per heavy atom. The van der Waals surface area contributed by atoms with E-state index in [0.717, 1.165) is 28.4 Å². The number of ether oxygens (including phenoxy) is 2. The molecular weight excluding hydrogens is 420 g/mol. The fraction of sp³-hybridized carbons (Fsp3) is 0.231. The lowest BCUT2D eigenvalue weighted by molar-refractivity contribution is -0.136. The molecule has 1 aromatic carbocycles. The van der Waals surface area contributed by atoms with E-state index >= 15 is 0 Å². The number of carbonyl (C=O) groups excluding carboxylic acids is 2. The highest BCUT2D eigenvalue weighted by atomic mass is 16.5. The largest absolute Gasteiger partial charge is 0.497 e.